The summed E-state index contributed by atoms with van der Waals surface area (Å²) in [5.41, 5.74) is 0.735. The van der Waals surface area contributed by atoms with E-state index in [9.17, 15) is 9.59 Å². The molecule has 1 N–H and O–H groups in total. The lowest BCUT2D eigenvalue weighted by atomic mass is 10.1. The number of benzene rings is 1. The summed E-state index contributed by atoms with van der Waals surface area (Å²) in [5, 5.41) is 3.91. The number of carbonyl (C=O) groups is 2. The Morgan fingerprint density at radius 1 is 1.32 bits per heavy atom. The fourth-order valence-electron chi connectivity index (χ4n) is 2.96. The van der Waals surface area contributed by atoms with Crippen molar-refractivity contribution in [2.24, 2.45) is 0 Å². The average Bonchev–Trinajstić information content (AvgIpc) is 3.04. The molecule has 1 fully saturated rings. The first kappa shape index (κ1) is 17.7. The number of ether oxygens (including phenoxy) is 1. The van der Waals surface area contributed by atoms with E-state index in [1.165, 1.54) is 11.3 Å². The largest absolute Gasteiger partial charge is 0.380 e. The van der Waals surface area contributed by atoms with Gasteiger partial charge in [0.05, 0.1) is 11.0 Å². The molecule has 0 saturated carbocycles. The molecule has 1 atom stereocenters. The monoisotopic (exact) mass is 361 g/mol. The first-order chi connectivity index (χ1) is 12.0. The first-order valence-corrected chi connectivity index (χ1v) is 9.13. The number of urea groups is 1. The van der Waals surface area contributed by atoms with Crippen LogP contribution in [0, 0.1) is 0 Å². The Labute approximate surface area is 151 Å². The van der Waals surface area contributed by atoms with Gasteiger partial charge in [0.15, 0.2) is 0 Å². The van der Waals surface area contributed by atoms with Gasteiger partial charge < -0.3 is 19.9 Å². The lowest BCUT2D eigenvalue weighted by Gasteiger charge is -2.31. The SMILES string of the molecule is CO[C@@H]1CCCN(C(=O)Nc2ccc3sc(C(=O)N(C)C)cc3c2)C1. The van der Waals surface area contributed by atoms with Crippen LogP contribution in [0.3, 0.4) is 0 Å². The summed E-state index contributed by atoms with van der Waals surface area (Å²) < 4.78 is 6.40. The van der Waals surface area contributed by atoms with Crippen LogP contribution in [-0.2, 0) is 4.74 Å². The van der Waals surface area contributed by atoms with E-state index in [4.69, 9.17) is 4.74 Å². The van der Waals surface area contributed by atoms with Crippen LogP contribution in [-0.4, -0.2) is 62.1 Å². The number of thiophene rings is 1. The highest BCUT2D eigenvalue weighted by Crippen LogP contribution is 2.29. The molecule has 25 heavy (non-hydrogen) atoms. The molecule has 1 saturated heterocycles. The molecule has 1 aromatic heterocycles. The van der Waals surface area contributed by atoms with Crippen molar-refractivity contribution in [2.45, 2.75) is 18.9 Å². The van der Waals surface area contributed by atoms with E-state index in [1.807, 2.05) is 24.3 Å². The van der Waals surface area contributed by atoms with E-state index < -0.39 is 0 Å². The molecule has 1 aromatic carbocycles. The van der Waals surface area contributed by atoms with Crippen LogP contribution in [0.2, 0.25) is 0 Å². The van der Waals surface area contributed by atoms with Gasteiger partial charge in [-0.15, -0.1) is 11.3 Å². The minimum atomic E-state index is -0.110. The van der Waals surface area contributed by atoms with Crippen molar-refractivity contribution >= 4 is 39.0 Å². The normalized spacial score (nSPS) is 17.6. The van der Waals surface area contributed by atoms with Crippen molar-refractivity contribution in [1.29, 1.82) is 0 Å². The number of piperidine rings is 1. The van der Waals surface area contributed by atoms with Gasteiger partial charge in [-0.1, -0.05) is 0 Å². The van der Waals surface area contributed by atoms with Crippen molar-refractivity contribution in [3.05, 3.63) is 29.1 Å². The fourth-order valence-corrected chi connectivity index (χ4v) is 4.03. The lowest BCUT2D eigenvalue weighted by molar-refractivity contribution is 0.0458. The minimum absolute atomic E-state index is 0.00860. The van der Waals surface area contributed by atoms with Crippen LogP contribution in [0.25, 0.3) is 10.1 Å². The van der Waals surface area contributed by atoms with Gasteiger partial charge in [-0.3, -0.25) is 4.79 Å². The highest BCUT2D eigenvalue weighted by Gasteiger charge is 2.23. The number of nitrogens with one attached hydrogen (secondary N) is 1. The fraction of sp³-hybridized carbons (Fsp3) is 0.444. The lowest BCUT2D eigenvalue weighted by Crippen LogP contribution is -2.44. The molecule has 134 valence electrons. The van der Waals surface area contributed by atoms with Crippen LogP contribution in [0.15, 0.2) is 24.3 Å². The van der Waals surface area contributed by atoms with Gasteiger partial charge in [-0.25, -0.2) is 4.79 Å². The highest BCUT2D eigenvalue weighted by atomic mass is 32.1. The van der Waals surface area contributed by atoms with Crippen molar-refractivity contribution in [2.75, 3.05) is 39.6 Å². The summed E-state index contributed by atoms with van der Waals surface area (Å²) in [7, 11) is 5.16. The molecule has 0 aliphatic carbocycles. The Hall–Kier alpha value is -2.12. The Balaban J connectivity index is 1.73. The second-order valence-corrected chi connectivity index (χ2v) is 7.52. The van der Waals surface area contributed by atoms with Crippen molar-refractivity contribution in [3.63, 3.8) is 0 Å². The van der Waals surface area contributed by atoms with Gasteiger partial charge >= 0.3 is 6.03 Å². The minimum Gasteiger partial charge on any atom is -0.380 e. The van der Waals surface area contributed by atoms with E-state index in [-0.39, 0.29) is 18.0 Å². The number of nitrogens with zero attached hydrogens (tertiary/aromatic N) is 2. The molecule has 1 aliphatic rings. The third-order valence-electron chi connectivity index (χ3n) is 4.38. The molecular formula is C18H23N3O3S. The number of fused-ring (bicyclic) bond motifs is 1. The molecule has 1 aliphatic heterocycles. The molecule has 7 heteroatoms. The quantitative estimate of drug-likeness (QED) is 0.913. The van der Waals surface area contributed by atoms with Crippen LogP contribution < -0.4 is 5.32 Å². The summed E-state index contributed by atoms with van der Waals surface area (Å²) in [6.45, 7) is 1.36. The standard InChI is InChI=1S/C18H23N3O3S/c1-20(2)17(22)16-10-12-9-13(6-7-15(12)25-16)19-18(23)21-8-4-5-14(11-21)24-3/h6-7,9-10,14H,4-5,8,11H2,1-3H3,(H,19,23)/t14-/m1/s1. The Bertz CT molecular complexity index is 787. The summed E-state index contributed by atoms with van der Waals surface area (Å²) in [6.07, 6.45) is 2.05. The summed E-state index contributed by atoms with van der Waals surface area (Å²) in [4.78, 5) is 28.6. The molecule has 6 nitrogen and oxygen atoms in total. The molecule has 0 unspecified atom stereocenters. The third-order valence-corrected chi connectivity index (χ3v) is 5.49. The van der Waals surface area contributed by atoms with E-state index >= 15 is 0 Å². The number of anilines is 1. The summed E-state index contributed by atoms with van der Waals surface area (Å²) in [5.74, 6) is -0.00860. The van der Waals surface area contributed by atoms with Crippen molar-refractivity contribution < 1.29 is 14.3 Å². The second kappa shape index (κ2) is 7.41. The van der Waals surface area contributed by atoms with Crippen molar-refractivity contribution in [3.8, 4) is 0 Å². The third kappa shape index (κ3) is 3.93. The topological polar surface area (TPSA) is 61.9 Å². The van der Waals surface area contributed by atoms with Crippen molar-refractivity contribution in [1.82, 2.24) is 9.80 Å². The number of amides is 3. The van der Waals surface area contributed by atoms with Gasteiger partial charge in [-0.2, -0.15) is 0 Å². The highest BCUT2D eigenvalue weighted by molar-refractivity contribution is 7.20. The predicted octanol–water partition coefficient (Wildman–Crippen LogP) is 3.25. The Kier molecular flexibility index (Phi) is 5.24. The number of methoxy groups -OCH3 is 1. The molecule has 0 spiro atoms. The van der Waals surface area contributed by atoms with Crippen LogP contribution in [0.5, 0.6) is 0 Å². The van der Waals surface area contributed by atoms with Gasteiger partial charge in [0, 0.05) is 44.7 Å². The molecule has 2 heterocycles. The number of hydrogen-bond donors (Lipinski definition) is 1. The molecular weight excluding hydrogens is 338 g/mol. The average molecular weight is 361 g/mol. The first-order valence-electron chi connectivity index (χ1n) is 8.32. The van der Waals surface area contributed by atoms with Gasteiger partial charge in [0.25, 0.3) is 5.91 Å². The number of likely N-dealkylation sites (tertiary alicyclic amines) is 1. The number of carbonyl (C=O) groups excluding carboxylic acids is 2. The van der Waals surface area contributed by atoms with Crippen LogP contribution in [0.4, 0.5) is 10.5 Å². The summed E-state index contributed by atoms with van der Waals surface area (Å²) >= 11 is 1.46. The predicted molar refractivity (Wildman–Crippen MR) is 100 cm³/mol. The smallest absolute Gasteiger partial charge is 0.321 e. The maximum atomic E-state index is 12.5. The maximum absolute atomic E-state index is 12.5. The summed E-state index contributed by atoms with van der Waals surface area (Å²) in [6, 6.07) is 7.49. The van der Waals surface area contributed by atoms with Gasteiger partial charge in [-0.05, 0) is 42.5 Å². The Morgan fingerprint density at radius 2 is 2.12 bits per heavy atom. The molecule has 3 rings (SSSR count). The zero-order valence-electron chi connectivity index (χ0n) is 14.7. The molecule has 3 amide bonds. The van der Waals surface area contributed by atoms with E-state index in [0.29, 0.717) is 11.4 Å². The van der Waals surface area contributed by atoms with E-state index in [1.54, 1.807) is 31.0 Å². The second-order valence-electron chi connectivity index (χ2n) is 6.44. The number of rotatable bonds is 3. The van der Waals surface area contributed by atoms with Crippen LogP contribution >= 0.6 is 11.3 Å². The maximum Gasteiger partial charge on any atom is 0.321 e. The molecule has 0 radical (unpaired) electrons. The van der Waals surface area contributed by atoms with Gasteiger partial charge in [0.1, 0.15) is 0 Å². The van der Waals surface area contributed by atoms with Gasteiger partial charge in [0.2, 0.25) is 0 Å². The molecule has 2 aromatic rings. The zero-order valence-corrected chi connectivity index (χ0v) is 15.6. The zero-order chi connectivity index (χ0) is 18.0. The molecule has 0 bridgehead atoms. The van der Waals surface area contributed by atoms with E-state index in [2.05, 4.69) is 5.32 Å². The Morgan fingerprint density at radius 3 is 2.84 bits per heavy atom. The van der Waals surface area contributed by atoms with E-state index in [0.717, 1.165) is 35.2 Å². The van der Waals surface area contributed by atoms with Crippen LogP contribution in [0.1, 0.15) is 22.5 Å². The number of hydrogen-bond acceptors (Lipinski definition) is 4.